The van der Waals surface area contributed by atoms with E-state index in [1.807, 2.05) is 0 Å². The molecular formula is C16H17F3N2O3. The number of primary amides is 1. The second-order valence-corrected chi connectivity index (χ2v) is 5.83. The molecule has 1 aromatic rings. The summed E-state index contributed by atoms with van der Waals surface area (Å²) in [6.07, 6.45) is -2.90. The van der Waals surface area contributed by atoms with Gasteiger partial charge >= 0.3 is 6.18 Å². The van der Waals surface area contributed by atoms with Gasteiger partial charge in [-0.3, -0.25) is 14.4 Å². The summed E-state index contributed by atoms with van der Waals surface area (Å²) in [6, 6.07) is 2.80. The van der Waals surface area contributed by atoms with Crippen molar-refractivity contribution in [3.8, 4) is 0 Å². The van der Waals surface area contributed by atoms with Crippen molar-refractivity contribution < 1.29 is 27.6 Å². The Bertz CT molecular complexity index is 658. The van der Waals surface area contributed by atoms with Gasteiger partial charge in [0.25, 0.3) is 5.91 Å². The molecule has 0 aromatic heterocycles. The molecule has 1 aromatic carbocycles. The van der Waals surface area contributed by atoms with Crippen LogP contribution in [0.5, 0.6) is 0 Å². The minimum absolute atomic E-state index is 0.0224. The third-order valence-electron chi connectivity index (χ3n) is 4.04. The maximum atomic E-state index is 12.7. The van der Waals surface area contributed by atoms with Crippen molar-refractivity contribution in [3.63, 3.8) is 0 Å². The van der Waals surface area contributed by atoms with Gasteiger partial charge in [-0.25, -0.2) is 0 Å². The van der Waals surface area contributed by atoms with Crippen LogP contribution in [0.4, 0.5) is 13.2 Å². The highest BCUT2D eigenvalue weighted by molar-refractivity contribution is 5.97. The molecule has 0 unspecified atom stereocenters. The molecule has 5 nitrogen and oxygen atoms in total. The summed E-state index contributed by atoms with van der Waals surface area (Å²) >= 11 is 0. The van der Waals surface area contributed by atoms with Crippen LogP contribution in [-0.4, -0.2) is 23.6 Å². The highest BCUT2D eigenvalue weighted by atomic mass is 19.4. The Kier molecular flexibility index (Phi) is 5.26. The van der Waals surface area contributed by atoms with Gasteiger partial charge in [0.1, 0.15) is 11.8 Å². The number of carbonyl (C=O) groups is 3. The number of rotatable bonds is 4. The molecule has 8 heteroatoms. The Balaban J connectivity index is 2.16. The van der Waals surface area contributed by atoms with E-state index < -0.39 is 35.5 Å². The second kappa shape index (κ2) is 7.02. The van der Waals surface area contributed by atoms with E-state index >= 15 is 0 Å². The minimum atomic E-state index is -4.57. The molecule has 0 heterocycles. The number of alkyl halides is 3. The molecule has 1 aliphatic rings. The first-order valence-electron chi connectivity index (χ1n) is 7.47. The Morgan fingerprint density at radius 3 is 2.58 bits per heavy atom. The number of carbonyl (C=O) groups excluding carboxylic acids is 3. The number of ketones is 1. The highest BCUT2D eigenvalue weighted by Gasteiger charge is 2.34. The van der Waals surface area contributed by atoms with Gasteiger partial charge in [-0.05, 0) is 37.0 Å². The average Bonchev–Trinajstić information content (AvgIpc) is 2.51. The summed E-state index contributed by atoms with van der Waals surface area (Å²) in [5.41, 5.74) is 4.11. The average molecular weight is 342 g/mol. The lowest BCUT2D eigenvalue weighted by molar-refractivity contribution is -0.137. The predicted octanol–water partition coefficient (Wildman–Crippen LogP) is 2.05. The minimum Gasteiger partial charge on any atom is -0.368 e. The second-order valence-electron chi connectivity index (χ2n) is 5.83. The van der Waals surface area contributed by atoms with E-state index in [4.69, 9.17) is 5.73 Å². The van der Waals surface area contributed by atoms with Crippen LogP contribution in [0, 0.1) is 5.92 Å². The number of hydrogen-bond acceptors (Lipinski definition) is 3. The van der Waals surface area contributed by atoms with Crippen LogP contribution in [0.15, 0.2) is 24.3 Å². The van der Waals surface area contributed by atoms with Crippen LogP contribution in [0.3, 0.4) is 0 Å². The maximum absolute atomic E-state index is 12.7. The van der Waals surface area contributed by atoms with Crippen molar-refractivity contribution in [1.29, 1.82) is 0 Å². The quantitative estimate of drug-likeness (QED) is 0.877. The van der Waals surface area contributed by atoms with Crippen molar-refractivity contribution in [2.24, 2.45) is 11.7 Å². The van der Waals surface area contributed by atoms with Crippen molar-refractivity contribution in [1.82, 2.24) is 5.32 Å². The molecule has 0 aliphatic heterocycles. The number of amides is 2. The zero-order valence-electron chi connectivity index (χ0n) is 12.7. The van der Waals surface area contributed by atoms with Crippen molar-refractivity contribution in [3.05, 3.63) is 35.4 Å². The normalized spacial score (nSPS) is 19.6. The van der Waals surface area contributed by atoms with Crippen LogP contribution in [0.1, 0.15) is 41.6 Å². The molecule has 3 N–H and O–H groups in total. The first-order valence-corrected chi connectivity index (χ1v) is 7.47. The maximum Gasteiger partial charge on any atom is 0.416 e. The lowest BCUT2D eigenvalue weighted by Gasteiger charge is -2.28. The standard InChI is InChI=1S/C16H17F3N2O3/c17-16(18,19)11-5-1-4-10(7-11)15(24)21-13(14(20)23)9-3-2-6-12(22)8-9/h1,4-5,7,9,13H,2-3,6,8H2,(H2,20,23)(H,21,24)/t9-,13+/m0/s1. The summed E-state index contributed by atoms with van der Waals surface area (Å²) in [6.45, 7) is 0. The molecule has 1 fully saturated rings. The van der Waals surface area contributed by atoms with Gasteiger partial charge in [0.2, 0.25) is 5.91 Å². The molecule has 0 bridgehead atoms. The van der Waals surface area contributed by atoms with E-state index in [1.165, 1.54) is 6.07 Å². The Labute approximate surface area is 136 Å². The summed E-state index contributed by atoms with van der Waals surface area (Å²) in [7, 11) is 0. The fourth-order valence-corrected chi connectivity index (χ4v) is 2.83. The lowest BCUT2D eigenvalue weighted by Crippen LogP contribution is -2.50. The fraction of sp³-hybridized carbons (Fsp3) is 0.438. The summed E-state index contributed by atoms with van der Waals surface area (Å²) < 4.78 is 38.1. The zero-order chi connectivity index (χ0) is 17.9. The van der Waals surface area contributed by atoms with Gasteiger partial charge in [-0.15, -0.1) is 0 Å². The lowest BCUT2D eigenvalue weighted by atomic mass is 9.82. The highest BCUT2D eigenvalue weighted by Crippen LogP contribution is 2.30. The number of nitrogens with one attached hydrogen (secondary N) is 1. The molecule has 130 valence electrons. The zero-order valence-corrected chi connectivity index (χ0v) is 12.7. The third-order valence-corrected chi connectivity index (χ3v) is 4.04. The first-order chi connectivity index (χ1) is 11.2. The number of nitrogens with two attached hydrogens (primary N) is 1. The Hall–Kier alpha value is -2.38. The van der Waals surface area contributed by atoms with Gasteiger partial charge in [-0.2, -0.15) is 13.2 Å². The molecule has 2 rings (SSSR count). The third kappa shape index (κ3) is 4.33. The summed E-state index contributed by atoms with van der Waals surface area (Å²) in [4.78, 5) is 35.3. The smallest absolute Gasteiger partial charge is 0.368 e. The van der Waals surface area contributed by atoms with E-state index in [9.17, 15) is 27.6 Å². The molecule has 24 heavy (non-hydrogen) atoms. The van der Waals surface area contributed by atoms with E-state index in [0.717, 1.165) is 12.1 Å². The van der Waals surface area contributed by atoms with Crippen molar-refractivity contribution in [2.45, 2.75) is 37.9 Å². The van der Waals surface area contributed by atoms with Gasteiger partial charge in [0.05, 0.1) is 5.56 Å². The number of benzene rings is 1. The van der Waals surface area contributed by atoms with Crippen LogP contribution in [0.25, 0.3) is 0 Å². The van der Waals surface area contributed by atoms with Crippen LogP contribution in [-0.2, 0) is 15.8 Å². The number of halogens is 3. The van der Waals surface area contributed by atoms with Crippen LogP contribution < -0.4 is 11.1 Å². The SMILES string of the molecule is NC(=O)[C@H](NC(=O)c1cccc(C(F)(F)F)c1)[C@H]1CCCC(=O)C1. The molecular weight excluding hydrogens is 325 g/mol. The monoisotopic (exact) mass is 342 g/mol. The van der Waals surface area contributed by atoms with E-state index in [1.54, 1.807) is 0 Å². The molecule has 0 radical (unpaired) electrons. The van der Waals surface area contributed by atoms with Crippen LogP contribution in [0.2, 0.25) is 0 Å². The molecule has 1 saturated carbocycles. The fourth-order valence-electron chi connectivity index (χ4n) is 2.83. The van der Waals surface area contributed by atoms with E-state index in [0.29, 0.717) is 25.3 Å². The largest absolute Gasteiger partial charge is 0.416 e. The molecule has 2 amide bonds. The van der Waals surface area contributed by atoms with E-state index in [2.05, 4.69) is 5.32 Å². The topological polar surface area (TPSA) is 89.3 Å². The van der Waals surface area contributed by atoms with Gasteiger partial charge in [0, 0.05) is 18.4 Å². The van der Waals surface area contributed by atoms with Crippen LogP contribution >= 0.6 is 0 Å². The van der Waals surface area contributed by atoms with Crippen molar-refractivity contribution >= 4 is 17.6 Å². The molecule has 0 saturated heterocycles. The van der Waals surface area contributed by atoms with Gasteiger partial charge < -0.3 is 11.1 Å². The molecule has 2 atom stereocenters. The van der Waals surface area contributed by atoms with Gasteiger partial charge in [0.15, 0.2) is 0 Å². The van der Waals surface area contributed by atoms with Gasteiger partial charge in [-0.1, -0.05) is 6.07 Å². The summed E-state index contributed by atoms with van der Waals surface area (Å²) in [5, 5.41) is 2.37. The number of Topliss-reactive ketones (excluding diaryl/α,β-unsaturated/α-hetero) is 1. The van der Waals surface area contributed by atoms with Crippen molar-refractivity contribution in [2.75, 3.05) is 0 Å². The predicted molar refractivity (Wildman–Crippen MR) is 78.9 cm³/mol. The molecule has 0 spiro atoms. The first kappa shape index (κ1) is 18.0. The Morgan fingerprint density at radius 1 is 1.29 bits per heavy atom. The summed E-state index contributed by atoms with van der Waals surface area (Å²) in [5.74, 6) is -2.10. The Morgan fingerprint density at radius 2 is 2.00 bits per heavy atom. The van der Waals surface area contributed by atoms with E-state index in [-0.39, 0.29) is 17.8 Å². The number of hydrogen-bond donors (Lipinski definition) is 2. The molecule has 1 aliphatic carbocycles.